The Kier molecular flexibility index (Phi) is 3.74. The summed E-state index contributed by atoms with van der Waals surface area (Å²) in [5, 5.41) is 3.12. The predicted octanol–water partition coefficient (Wildman–Crippen LogP) is 1.03. The number of imidazole rings is 1. The lowest BCUT2D eigenvalue weighted by Crippen LogP contribution is -2.43. The molecule has 1 atom stereocenters. The van der Waals surface area contributed by atoms with E-state index in [4.69, 9.17) is 0 Å². The second-order valence-electron chi connectivity index (χ2n) is 6.76. The molecule has 8 nitrogen and oxygen atoms in total. The highest BCUT2D eigenvalue weighted by Crippen LogP contribution is 2.24. The largest absolute Gasteiger partial charge is 0.335 e. The maximum atomic E-state index is 12.6. The quantitative estimate of drug-likeness (QED) is 0.891. The standard InChI is InChI=1S/C16H22N6O2/c1-20-13-8-17-10-18-14(13)22(16(20)24)12-6-7-21(9-12)15(23)19-11-4-2-3-5-11/h8,10-12H,2-7,9H2,1H3,(H,19,23)/t12-/m0/s1. The van der Waals surface area contributed by atoms with E-state index in [1.807, 2.05) is 4.90 Å². The smallest absolute Gasteiger partial charge is 0.330 e. The van der Waals surface area contributed by atoms with E-state index in [2.05, 4.69) is 15.3 Å². The van der Waals surface area contributed by atoms with Crippen LogP contribution in [-0.4, -0.2) is 49.2 Å². The number of nitrogens with one attached hydrogen (secondary N) is 1. The molecule has 2 fully saturated rings. The SMILES string of the molecule is Cn1c(=O)n([C@H]2CCN(C(=O)NC3CCCC3)C2)c2ncncc21. The van der Waals surface area contributed by atoms with Gasteiger partial charge in [-0.2, -0.15) is 0 Å². The predicted molar refractivity (Wildman–Crippen MR) is 88.8 cm³/mol. The van der Waals surface area contributed by atoms with Crippen molar-refractivity contribution in [3.63, 3.8) is 0 Å². The van der Waals surface area contributed by atoms with Crippen LogP contribution in [0.5, 0.6) is 0 Å². The maximum Gasteiger partial charge on any atom is 0.330 e. The van der Waals surface area contributed by atoms with Gasteiger partial charge in [0, 0.05) is 26.2 Å². The Morgan fingerprint density at radius 2 is 2.08 bits per heavy atom. The summed E-state index contributed by atoms with van der Waals surface area (Å²) in [6.45, 7) is 1.21. The Morgan fingerprint density at radius 1 is 1.29 bits per heavy atom. The lowest BCUT2D eigenvalue weighted by molar-refractivity contribution is 0.203. The number of urea groups is 1. The third-order valence-electron chi connectivity index (χ3n) is 5.25. The normalized spacial score (nSPS) is 21.7. The van der Waals surface area contributed by atoms with Crippen LogP contribution < -0.4 is 11.0 Å². The molecule has 8 heteroatoms. The molecule has 0 spiro atoms. The molecule has 0 unspecified atom stereocenters. The topological polar surface area (TPSA) is 85.0 Å². The molecule has 3 heterocycles. The molecule has 128 valence electrons. The minimum absolute atomic E-state index is 0.00712. The molecule has 1 saturated carbocycles. The Morgan fingerprint density at radius 3 is 2.88 bits per heavy atom. The molecule has 0 bridgehead atoms. The molecule has 0 radical (unpaired) electrons. The minimum atomic E-state index is -0.103. The van der Waals surface area contributed by atoms with E-state index in [0.717, 1.165) is 24.8 Å². The third-order valence-corrected chi connectivity index (χ3v) is 5.25. The van der Waals surface area contributed by atoms with Crippen LogP contribution in [0, 0.1) is 0 Å². The number of hydrogen-bond acceptors (Lipinski definition) is 4. The first-order valence-corrected chi connectivity index (χ1v) is 8.57. The van der Waals surface area contributed by atoms with Crippen LogP contribution in [0.4, 0.5) is 4.79 Å². The van der Waals surface area contributed by atoms with E-state index in [1.165, 1.54) is 19.2 Å². The molecule has 4 rings (SSSR count). The molecular formula is C16H22N6O2. The summed E-state index contributed by atoms with van der Waals surface area (Å²) in [7, 11) is 1.73. The highest BCUT2D eigenvalue weighted by Gasteiger charge is 2.31. The summed E-state index contributed by atoms with van der Waals surface area (Å²) >= 11 is 0. The van der Waals surface area contributed by atoms with Gasteiger partial charge in [0.15, 0.2) is 5.65 Å². The Hall–Kier alpha value is -2.38. The molecule has 2 aromatic heterocycles. The second-order valence-corrected chi connectivity index (χ2v) is 6.76. The van der Waals surface area contributed by atoms with Gasteiger partial charge in [0.1, 0.15) is 11.8 Å². The minimum Gasteiger partial charge on any atom is -0.335 e. The van der Waals surface area contributed by atoms with Gasteiger partial charge < -0.3 is 10.2 Å². The summed E-state index contributed by atoms with van der Waals surface area (Å²) in [6, 6.07) is 0.266. The fraction of sp³-hybridized carbons (Fsp3) is 0.625. The number of carbonyl (C=O) groups excluding carboxylic acids is 1. The molecular weight excluding hydrogens is 308 g/mol. The molecule has 2 amide bonds. The third kappa shape index (κ3) is 2.46. The van der Waals surface area contributed by atoms with E-state index < -0.39 is 0 Å². The highest BCUT2D eigenvalue weighted by atomic mass is 16.2. The molecule has 1 aliphatic heterocycles. The number of nitrogens with zero attached hydrogens (tertiary/aromatic N) is 5. The average Bonchev–Trinajstić information content (AvgIpc) is 3.30. The molecule has 1 N–H and O–H groups in total. The number of amides is 2. The number of rotatable bonds is 2. The molecule has 1 aliphatic carbocycles. The molecule has 2 aliphatic rings. The van der Waals surface area contributed by atoms with E-state index in [-0.39, 0.29) is 17.8 Å². The van der Waals surface area contributed by atoms with Gasteiger partial charge in [-0.25, -0.2) is 19.6 Å². The first kappa shape index (κ1) is 15.2. The molecule has 1 saturated heterocycles. The van der Waals surface area contributed by atoms with Crippen molar-refractivity contribution < 1.29 is 4.79 Å². The van der Waals surface area contributed by atoms with Gasteiger partial charge in [0.25, 0.3) is 0 Å². The van der Waals surface area contributed by atoms with Crippen molar-refractivity contribution in [3.05, 3.63) is 23.0 Å². The fourth-order valence-corrected chi connectivity index (χ4v) is 3.90. The lowest BCUT2D eigenvalue weighted by Gasteiger charge is -2.20. The van der Waals surface area contributed by atoms with E-state index in [0.29, 0.717) is 24.8 Å². The van der Waals surface area contributed by atoms with Crippen molar-refractivity contribution >= 4 is 17.2 Å². The number of aryl methyl sites for hydroxylation is 1. The van der Waals surface area contributed by atoms with Gasteiger partial charge in [-0.15, -0.1) is 0 Å². The van der Waals surface area contributed by atoms with Crippen molar-refractivity contribution in [3.8, 4) is 0 Å². The average molecular weight is 330 g/mol. The van der Waals surface area contributed by atoms with Gasteiger partial charge in [-0.05, 0) is 19.3 Å². The fourth-order valence-electron chi connectivity index (χ4n) is 3.90. The number of fused-ring (bicyclic) bond motifs is 1. The molecule has 2 aromatic rings. The van der Waals surface area contributed by atoms with Crippen molar-refractivity contribution in [2.75, 3.05) is 13.1 Å². The first-order chi connectivity index (χ1) is 11.6. The van der Waals surface area contributed by atoms with Gasteiger partial charge in [0.2, 0.25) is 0 Å². The summed E-state index contributed by atoms with van der Waals surface area (Å²) in [5.74, 6) is 0. The maximum absolute atomic E-state index is 12.6. The summed E-state index contributed by atoms with van der Waals surface area (Å²) in [6.07, 6.45) is 8.40. The Labute approximate surface area is 139 Å². The zero-order chi connectivity index (χ0) is 16.7. The Balaban J connectivity index is 1.54. The highest BCUT2D eigenvalue weighted by molar-refractivity contribution is 5.75. The van der Waals surface area contributed by atoms with Crippen LogP contribution in [0.25, 0.3) is 11.2 Å². The van der Waals surface area contributed by atoms with Crippen molar-refractivity contribution in [1.29, 1.82) is 0 Å². The number of carbonyl (C=O) groups is 1. The van der Waals surface area contributed by atoms with E-state index >= 15 is 0 Å². The molecule has 0 aromatic carbocycles. The second kappa shape index (κ2) is 5.92. The monoisotopic (exact) mass is 330 g/mol. The van der Waals surface area contributed by atoms with Gasteiger partial charge in [0.05, 0.1) is 12.2 Å². The number of hydrogen-bond donors (Lipinski definition) is 1. The van der Waals surface area contributed by atoms with Crippen LogP contribution in [-0.2, 0) is 7.05 Å². The van der Waals surface area contributed by atoms with Crippen molar-refractivity contribution in [1.82, 2.24) is 29.3 Å². The van der Waals surface area contributed by atoms with E-state index in [1.54, 1.807) is 22.4 Å². The first-order valence-electron chi connectivity index (χ1n) is 8.57. The zero-order valence-electron chi connectivity index (χ0n) is 13.8. The zero-order valence-corrected chi connectivity index (χ0v) is 13.8. The summed E-state index contributed by atoms with van der Waals surface area (Å²) in [4.78, 5) is 35.1. The van der Waals surface area contributed by atoms with Crippen LogP contribution in [0.1, 0.15) is 38.1 Å². The Bertz CT molecular complexity index is 820. The number of likely N-dealkylation sites (tertiary alicyclic amines) is 1. The van der Waals surface area contributed by atoms with E-state index in [9.17, 15) is 9.59 Å². The van der Waals surface area contributed by atoms with Gasteiger partial charge >= 0.3 is 11.7 Å². The van der Waals surface area contributed by atoms with Gasteiger partial charge in [-0.1, -0.05) is 12.8 Å². The summed E-state index contributed by atoms with van der Waals surface area (Å²) < 4.78 is 3.27. The number of aromatic nitrogens is 4. The van der Waals surface area contributed by atoms with Crippen molar-refractivity contribution in [2.24, 2.45) is 7.05 Å². The summed E-state index contributed by atoms with van der Waals surface area (Å²) in [5.41, 5.74) is 1.26. The molecule has 24 heavy (non-hydrogen) atoms. The van der Waals surface area contributed by atoms with Crippen LogP contribution in [0.15, 0.2) is 17.3 Å². The lowest BCUT2D eigenvalue weighted by atomic mass is 10.2. The van der Waals surface area contributed by atoms with Crippen LogP contribution in [0.3, 0.4) is 0 Å². The van der Waals surface area contributed by atoms with Crippen LogP contribution in [0.2, 0.25) is 0 Å². The van der Waals surface area contributed by atoms with Gasteiger partial charge in [-0.3, -0.25) is 9.13 Å². The van der Waals surface area contributed by atoms with Crippen LogP contribution >= 0.6 is 0 Å². The van der Waals surface area contributed by atoms with Crippen molar-refractivity contribution in [2.45, 2.75) is 44.2 Å².